The topological polar surface area (TPSA) is 41.1 Å². The highest BCUT2D eigenvalue weighted by Crippen LogP contribution is 2.28. The minimum absolute atomic E-state index is 0.0917. The molecule has 2 aromatic carbocycles. The summed E-state index contributed by atoms with van der Waals surface area (Å²) in [4.78, 5) is 12.7. The fourth-order valence-electron chi connectivity index (χ4n) is 3.03. The molecule has 1 aliphatic heterocycles. The van der Waals surface area contributed by atoms with Gasteiger partial charge in [-0.3, -0.25) is 4.79 Å². The van der Waals surface area contributed by atoms with Crippen LogP contribution < -0.4 is 10.6 Å². The van der Waals surface area contributed by atoms with Gasteiger partial charge in [0.1, 0.15) is 0 Å². The lowest BCUT2D eigenvalue weighted by molar-refractivity contribution is 0.0945. The second-order valence-electron chi connectivity index (χ2n) is 6.10. The van der Waals surface area contributed by atoms with Gasteiger partial charge in [0.05, 0.1) is 0 Å². The molecule has 3 nitrogen and oxygen atoms in total. The van der Waals surface area contributed by atoms with Crippen molar-refractivity contribution in [3.8, 4) is 11.1 Å². The van der Waals surface area contributed by atoms with Crippen LogP contribution in [0.3, 0.4) is 0 Å². The molecule has 2 N–H and O–H groups in total. The Morgan fingerprint density at radius 1 is 1.08 bits per heavy atom. The fraction of sp³-hybridized carbons (Fsp3) is 0.316. The van der Waals surface area contributed by atoms with Crippen molar-refractivity contribution in [2.24, 2.45) is 5.92 Å². The Morgan fingerprint density at radius 3 is 2.58 bits per heavy atom. The van der Waals surface area contributed by atoms with Crippen molar-refractivity contribution in [3.05, 3.63) is 58.1 Å². The number of benzene rings is 2. The van der Waals surface area contributed by atoms with Crippen LogP contribution in [0.15, 0.2) is 42.5 Å². The number of halogens is 2. The maximum atomic E-state index is 12.7. The highest BCUT2D eigenvalue weighted by Gasteiger charge is 2.17. The molecule has 1 saturated heterocycles. The molecule has 1 fully saturated rings. The molecule has 0 bridgehead atoms. The molecule has 0 radical (unpaired) electrons. The van der Waals surface area contributed by atoms with E-state index in [0.29, 0.717) is 28.1 Å². The molecule has 0 spiro atoms. The van der Waals surface area contributed by atoms with Crippen LogP contribution in [0, 0.1) is 5.92 Å². The number of hydrogen-bond donors (Lipinski definition) is 2. The molecule has 1 aliphatic rings. The first kappa shape index (κ1) is 17.3. The van der Waals surface area contributed by atoms with Crippen molar-refractivity contribution < 1.29 is 4.79 Å². The van der Waals surface area contributed by atoms with Crippen LogP contribution in [0.2, 0.25) is 10.0 Å². The molecule has 5 heteroatoms. The van der Waals surface area contributed by atoms with Crippen LogP contribution in [0.25, 0.3) is 11.1 Å². The molecule has 0 unspecified atom stereocenters. The number of hydrogen-bond acceptors (Lipinski definition) is 2. The van der Waals surface area contributed by atoms with E-state index in [1.165, 1.54) is 0 Å². The Hall–Kier alpha value is -1.55. The molecule has 0 aliphatic carbocycles. The van der Waals surface area contributed by atoms with Crippen molar-refractivity contribution in [2.75, 3.05) is 19.6 Å². The monoisotopic (exact) mass is 362 g/mol. The minimum Gasteiger partial charge on any atom is -0.352 e. The third-order valence-electron chi connectivity index (χ3n) is 4.37. The Labute approximate surface area is 152 Å². The molecule has 24 heavy (non-hydrogen) atoms. The van der Waals surface area contributed by atoms with E-state index >= 15 is 0 Å². The van der Waals surface area contributed by atoms with Crippen molar-refractivity contribution in [1.29, 1.82) is 0 Å². The molecule has 126 valence electrons. The number of amides is 1. The van der Waals surface area contributed by atoms with E-state index < -0.39 is 0 Å². The lowest BCUT2D eigenvalue weighted by Crippen LogP contribution is -2.36. The third-order valence-corrected chi connectivity index (χ3v) is 4.84. The van der Waals surface area contributed by atoms with Gasteiger partial charge >= 0.3 is 0 Å². The van der Waals surface area contributed by atoms with Crippen LogP contribution in [0.4, 0.5) is 0 Å². The minimum atomic E-state index is -0.0917. The fourth-order valence-corrected chi connectivity index (χ4v) is 3.39. The molecular formula is C19H20Cl2N2O. The van der Waals surface area contributed by atoms with Gasteiger partial charge in [0.25, 0.3) is 5.91 Å². The van der Waals surface area contributed by atoms with Crippen molar-refractivity contribution in [2.45, 2.75) is 12.8 Å². The second-order valence-corrected chi connectivity index (χ2v) is 6.98. The van der Waals surface area contributed by atoms with E-state index in [2.05, 4.69) is 10.6 Å². The van der Waals surface area contributed by atoms with Crippen LogP contribution in [0.5, 0.6) is 0 Å². The van der Waals surface area contributed by atoms with E-state index in [0.717, 1.165) is 37.1 Å². The van der Waals surface area contributed by atoms with E-state index in [-0.39, 0.29) is 5.91 Å². The highest BCUT2D eigenvalue weighted by molar-refractivity contribution is 6.31. The second kappa shape index (κ2) is 8.02. The summed E-state index contributed by atoms with van der Waals surface area (Å²) in [7, 11) is 0. The lowest BCUT2D eigenvalue weighted by Gasteiger charge is -2.23. The van der Waals surface area contributed by atoms with E-state index in [4.69, 9.17) is 23.2 Å². The zero-order valence-corrected chi connectivity index (χ0v) is 14.8. The summed E-state index contributed by atoms with van der Waals surface area (Å²) in [5.74, 6) is 0.440. The lowest BCUT2D eigenvalue weighted by atomic mass is 9.97. The van der Waals surface area contributed by atoms with Crippen molar-refractivity contribution >= 4 is 29.1 Å². The maximum absolute atomic E-state index is 12.7. The summed E-state index contributed by atoms with van der Waals surface area (Å²) >= 11 is 12.2. The predicted octanol–water partition coefficient (Wildman–Crippen LogP) is 4.39. The van der Waals surface area contributed by atoms with Gasteiger partial charge < -0.3 is 10.6 Å². The van der Waals surface area contributed by atoms with Gasteiger partial charge in [-0.1, -0.05) is 41.4 Å². The number of carbonyl (C=O) groups excluding carboxylic acids is 1. The zero-order valence-electron chi connectivity index (χ0n) is 13.3. The summed E-state index contributed by atoms with van der Waals surface area (Å²) in [5.41, 5.74) is 2.33. The number of nitrogens with one attached hydrogen (secondary N) is 2. The van der Waals surface area contributed by atoms with Gasteiger partial charge in [-0.2, -0.15) is 0 Å². The van der Waals surface area contributed by atoms with E-state index in [1.807, 2.05) is 30.3 Å². The quantitative estimate of drug-likeness (QED) is 0.846. The summed E-state index contributed by atoms with van der Waals surface area (Å²) < 4.78 is 0. The average Bonchev–Trinajstić information content (AvgIpc) is 2.60. The predicted molar refractivity (Wildman–Crippen MR) is 99.8 cm³/mol. The normalized spacial score (nSPS) is 15.2. The molecule has 2 aromatic rings. The number of carbonyl (C=O) groups is 1. The van der Waals surface area contributed by atoms with Gasteiger partial charge in [-0.15, -0.1) is 0 Å². The summed E-state index contributed by atoms with van der Waals surface area (Å²) in [6.07, 6.45) is 2.19. The first-order valence-electron chi connectivity index (χ1n) is 8.18. The van der Waals surface area contributed by atoms with Gasteiger partial charge in [0, 0.05) is 22.2 Å². The van der Waals surface area contributed by atoms with Crippen LogP contribution in [-0.4, -0.2) is 25.5 Å². The molecular weight excluding hydrogens is 343 g/mol. The molecule has 1 amide bonds. The molecule has 0 saturated carbocycles. The smallest absolute Gasteiger partial charge is 0.251 e. The van der Waals surface area contributed by atoms with Gasteiger partial charge in [0.15, 0.2) is 0 Å². The zero-order chi connectivity index (χ0) is 16.9. The summed E-state index contributed by atoms with van der Waals surface area (Å²) in [6.45, 7) is 2.74. The first-order valence-corrected chi connectivity index (χ1v) is 8.93. The Kier molecular flexibility index (Phi) is 5.77. The number of rotatable bonds is 4. The highest BCUT2D eigenvalue weighted by atomic mass is 35.5. The molecule has 0 aromatic heterocycles. The van der Waals surface area contributed by atoms with Crippen LogP contribution >= 0.6 is 23.2 Å². The standard InChI is InChI=1S/C19H20Cl2N2O/c20-15-3-1-2-14(10-15)17-5-4-16(21)11-18(17)19(24)23-12-13-6-8-22-9-7-13/h1-5,10-11,13,22H,6-9,12H2,(H,23,24). The first-order chi connectivity index (χ1) is 11.6. The average molecular weight is 363 g/mol. The van der Waals surface area contributed by atoms with Crippen LogP contribution in [0.1, 0.15) is 23.2 Å². The van der Waals surface area contributed by atoms with E-state index in [9.17, 15) is 4.79 Å². The van der Waals surface area contributed by atoms with Gasteiger partial charge in [-0.05, 0) is 67.2 Å². The maximum Gasteiger partial charge on any atom is 0.251 e. The molecule has 0 atom stereocenters. The van der Waals surface area contributed by atoms with E-state index in [1.54, 1.807) is 12.1 Å². The van der Waals surface area contributed by atoms with Gasteiger partial charge in [0.2, 0.25) is 0 Å². The summed E-state index contributed by atoms with van der Waals surface area (Å²) in [5, 5.41) is 7.59. The Morgan fingerprint density at radius 2 is 1.83 bits per heavy atom. The largest absolute Gasteiger partial charge is 0.352 e. The number of piperidine rings is 1. The summed E-state index contributed by atoms with van der Waals surface area (Å²) in [6, 6.07) is 12.9. The van der Waals surface area contributed by atoms with Crippen molar-refractivity contribution in [3.63, 3.8) is 0 Å². The Balaban J connectivity index is 1.80. The SMILES string of the molecule is O=C(NCC1CCNCC1)c1cc(Cl)ccc1-c1cccc(Cl)c1. The molecule has 3 rings (SSSR count). The third kappa shape index (κ3) is 4.29. The van der Waals surface area contributed by atoms with Crippen molar-refractivity contribution in [1.82, 2.24) is 10.6 Å². The Bertz CT molecular complexity index is 727. The van der Waals surface area contributed by atoms with Gasteiger partial charge in [-0.25, -0.2) is 0 Å². The molecule has 1 heterocycles. The van der Waals surface area contributed by atoms with Crippen LogP contribution in [-0.2, 0) is 0 Å².